The first-order valence-corrected chi connectivity index (χ1v) is 3.92. The summed E-state index contributed by atoms with van der Waals surface area (Å²) in [5.74, 6) is 0.368. The summed E-state index contributed by atoms with van der Waals surface area (Å²) in [6.07, 6.45) is 0. The van der Waals surface area contributed by atoms with Crippen LogP contribution in [0.15, 0.2) is 24.3 Å². The van der Waals surface area contributed by atoms with Crippen molar-refractivity contribution in [2.24, 2.45) is 0 Å². The van der Waals surface area contributed by atoms with E-state index in [0.29, 0.717) is 28.3 Å². The molecule has 0 spiro atoms. The Morgan fingerprint density at radius 1 is 1.30 bits per heavy atom. The number of para-hydroxylation sites is 1. The van der Waals surface area contributed by atoms with Gasteiger partial charge in [0.1, 0.15) is 5.75 Å². The summed E-state index contributed by atoms with van der Waals surface area (Å²) in [6, 6.07) is 7.25. The normalized spacial score (nSPS) is 7.70. The van der Waals surface area contributed by atoms with Crippen LogP contribution in [0.1, 0.15) is 5.56 Å². The fourth-order valence-electron chi connectivity index (χ4n) is 0.563. The topological polar surface area (TPSA) is 37.3 Å². The summed E-state index contributed by atoms with van der Waals surface area (Å²) in [5, 5.41) is 8.92. The summed E-state index contributed by atoms with van der Waals surface area (Å²) in [6.45, 7) is 1.87. The molecule has 1 aromatic rings. The molecular weight excluding hydrogens is 235 g/mol. The predicted octanol–water partition coefficient (Wildman–Crippen LogP) is 1.20. The van der Waals surface area contributed by atoms with Crippen LogP contribution in [0.2, 0.25) is 0 Å². The van der Waals surface area contributed by atoms with E-state index >= 15 is 0 Å². The van der Waals surface area contributed by atoms with E-state index in [-0.39, 0.29) is 0 Å². The van der Waals surface area contributed by atoms with Crippen LogP contribution in [-0.4, -0.2) is 27.6 Å². The van der Waals surface area contributed by atoms with Gasteiger partial charge >= 0.3 is 25.6 Å². The molecule has 0 aliphatic carbocycles. The second-order valence-corrected chi connectivity index (χ2v) is 1.79. The van der Waals surface area contributed by atoms with Gasteiger partial charge in [-0.2, -0.15) is 0 Å². The van der Waals surface area contributed by atoms with E-state index in [1.165, 1.54) is 0 Å². The zero-order valence-corrected chi connectivity index (χ0v) is 8.52. The van der Waals surface area contributed by atoms with Crippen LogP contribution in [0.25, 0.3) is 0 Å². The average molecular weight is 243 g/mol. The molecule has 0 fully saturated rings. The molecule has 10 heavy (non-hydrogen) atoms. The van der Waals surface area contributed by atoms with E-state index in [9.17, 15) is 0 Å². The van der Waals surface area contributed by atoms with Crippen LogP contribution in [0.5, 0.6) is 5.75 Å². The summed E-state index contributed by atoms with van der Waals surface area (Å²) in [4.78, 5) is 0. The zero-order valence-electron chi connectivity index (χ0n) is 5.66. The zero-order chi connectivity index (χ0) is 7.98. The molecule has 2 nitrogen and oxygen atoms in total. The summed E-state index contributed by atoms with van der Waals surface area (Å²) in [5.41, 5.74) is 0.924. The van der Waals surface area contributed by atoms with E-state index < -0.39 is 0 Å². The number of benzene rings is 1. The molecule has 0 saturated heterocycles. The molecule has 0 bridgehead atoms. The number of rotatable bonds is 0. The van der Waals surface area contributed by atoms with Crippen molar-refractivity contribution in [2.45, 2.75) is 6.92 Å². The third-order valence-electron chi connectivity index (χ3n) is 1.12. The molecule has 0 aliphatic rings. The molecule has 0 aliphatic heterocycles. The Bertz CT molecular complexity index is 180. The molecule has 0 saturated carbocycles. The Balaban J connectivity index is 0.000000371. The van der Waals surface area contributed by atoms with Crippen molar-refractivity contribution in [3.05, 3.63) is 29.8 Å². The van der Waals surface area contributed by atoms with Gasteiger partial charge in [-0.25, -0.2) is 0 Å². The third kappa shape index (κ3) is 2.96. The molecule has 1 aromatic carbocycles. The number of phenolic OH excluding ortho intramolecular Hbond substituents is 1. The van der Waals surface area contributed by atoms with Gasteiger partial charge in [0, 0.05) is 0 Å². The standard InChI is InChI=1S/C7H8O.O.Sn/c1-6-4-2-3-5-7(6)8;;/h2-5,8H,1H3;;. The van der Waals surface area contributed by atoms with Crippen LogP contribution >= 0.6 is 0 Å². The van der Waals surface area contributed by atoms with Gasteiger partial charge in [-0.15, -0.1) is 0 Å². The Hall–Kier alpha value is -0.381. The van der Waals surface area contributed by atoms with Gasteiger partial charge in [0.25, 0.3) is 0 Å². The first-order chi connectivity index (χ1) is 4.80. The predicted molar refractivity (Wildman–Crippen MR) is 39.3 cm³/mol. The Kier molecular flexibility index (Phi) is 5.20. The van der Waals surface area contributed by atoms with Crippen molar-refractivity contribution in [3.8, 4) is 5.75 Å². The second-order valence-electron chi connectivity index (χ2n) is 1.79. The Morgan fingerprint density at radius 2 is 1.80 bits per heavy atom. The second kappa shape index (κ2) is 5.41. The maximum absolute atomic E-state index is 8.92. The summed E-state index contributed by atoms with van der Waals surface area (Å²) in [7, 11) is 0. The molecule has 0 unspecified atom stereocenters. The van der Waals surface area contributed by atoms with Crippen molar-refractivity contribution in [3.63, 3.8) is 0 Å². The van der Waals surface area contributed by atoms with Crippen LogP contribution in [0.4, 0.5) is 0 Å². The van der Waals surface area contributed by atoms with Crippen molar-refractivity contribution >= 4 is 22.5 Å². The molecule has 0 heterocycles. The summed E-state index contributed by atoms with van der Waals surface area (Å²) >= 11 is 0.300. The Labute approximate surface area is 73.4 Å². The molecule has 3 heteroatoms. The van der Waals surface area contributed by atoms with Gasteiger partial charge in [-0.1, -0.05) is 18.2 Å². The van der Waals surface area contributed by atoms with Crippen molar-refractivity contribution in [1.29, 1.82) is 0 Å². The van der Waals surface area contributed by atoms with Crippen molar-refractivity contribution in [2.75, 3.05) is 0 Å². The molecule has 0 amide bonds. The monoisotopic (exact) mass is 244 g/mol. The van der Waals surface area contributed by atoms with Crippen molar-refractivity contribution in [1.82, 2.24) is 0 Å². The van der Waals surface area contributed by atoms with Gasteiger partial charge in [0.2, 0.25) is 0 Å². The average Bonchev–Trinajstić information content (AvgIpc) is 2.00. The summed E-state index contributed by atoms with van der Waals surface area (Å²) < 4.78 is 8.34. The third-order valence-corrected chi connectivity index (χ3v) is 1.12. The first kappa shape index (κ1) is 9.62. The maximum atomic E-state index is 8.92. The van der Waals surface area contributed by atoms with Crippen LogP contribution in [0, 0.1) is 6.92 Å². The van der Waals surface area contributed by atoms with E-state index in [2.05, 4.69) is 0 Å². The van der Waals surface area contributed by atoms with E-state index in [0.717, 1.165) is 5.56 Å². The molecule has 1 rings (SSSR count). The molecule has 0 atom stereocenters. The van der Waals surface area contributed by atoms with Crippen LogP contribution < -0.4 is 0 Å². The van der Waals surface area contributed by atoms with Gasteiger partial charge in [-0.3, -0.25) is 0 Å². The molecule has 52 valence electrons. The molecule has 0 aromatic heterocycles. The number of phenols is 1. The van der Waals surface area contributed by atoms with Gasteiger partial charge in [0.05, 0.1) is 0 Å². The number of aryl methyl sites for hydroxylation is 1. The van der Waals surface area contributed by atoms with E-state index in [4.69, 9.17) is 8.18 Å². The minimum atomic E-state index is 0.300. The number of aromatic hydroxyl groups is 1. The Morgan fingerprint density at radius 3 is 2.10 bits per heavy atom. The van der Waals surface area contributed by atoms with Gasteiger partial charge in [-0.05, 0) is 18.6 Å². The quantitative estimate of drug-likeness (QED) is 0.695. The van der Waals surface area contributed by atoms with E-state index in [1.807, 2.05) is 25.1 Å². The van der Waals surface area contributed by atoms with Gasteiger partial charge < -0.3 is 5.11 Å². The van der Waals surface area contributed by atoms with Gasteiger partial charge in [0.15, 0.2) is 0 Å². The van der Waals surface area contributed by atoms with E-state index in [1.54, 1.807) is 6.07 Å². The SMILES string of the molecule is Cc1ccccc1O.[O]=[Sn]. The van der Waals surface area contributed by atoms with Crippen LogP contribution in [0.3, 0.4) is 0 Å². The van der Waals surface area contributed by atoms with Crippen LogP contribution in [-0.2, 0) is 3.08 Å². The van der Waals surface area contributed by atoms with Crippen molar-refractivity contribution < 1.29 is 8.18 Å². The number of hydrogen-bond acceptors (Lipinski definition) is 2. The molecule has 1 N–H and O–H groups in total. The first-order valence-electron chi connectivity index (χ1n) is 2.76. The minimum absolute atomic E-state index is 0.300. The fraction of sp³-hybridized carbons (Fsp3) is 0.143. The fourth-order valence-corrected chi connectivity index (χ4v) is 0.563. The molecular formula is C7H8O2Sn. The molecule has 2 radical (unpaired) electrons. The number of hydrogen-bond donors (Lipinski definition) is 1.